The molecule has 2 aromatic carbocycles. The standard InChI is InChI=1S/C16H13NO4/c17-14-12-7-6-11(8-13(12)21-15(14)16(18)19)20-9-10-4-2-1-3-5-10/h1-8H,9,17H2,(H,18,19). The second-order valence-electron chi connectivity index (χ2n) is 4.58. The summed E-state index contributed by atoms with van der Waals surface area (Å²) in [5.41, 5.74) is 7.31. The van der Waals surface area contributed by atoms with Crippen LogP contribution in [-0.4, -0.2) is 11.1 Å². The molecule has 0 unspecified atom stereocenters. The molecule has 0 aliphatic heterocycles. The van der Waals surface area contributed by atoms with Gasteiger partial charge in [0.15, 0.2) is 0 Å². The third-order valence-electron chi connectivity index (χ3n) is 3.14. The molecule has 0 aliphatic rings. The molecule has 0 amide bonds. The van der Waals surface area contributed by atoms with Crippen molar-refractivity contribution < 1.29 is 19.1 Å². The normalized spacial score (nSPS) is 10.7. The molecule has 5 heteroatoms. The lowest BCUT2D eigenvalue weighted by molar-refractivity contribution is 0.0666. The number of carbonyl (C=O) groups is 1. The number of aromatic carboxylic acids is 1. The van der Waals surface area contributed by atoms with Crippen LogP contribution in [0.3, 0.4) is 0 Å². The summed E-state index contributed by atoms with van der Waals surface area (Å²) in [5, 5.41) is 9.55. The molecule has 1 heterocycles. The number of hydrogen-bond acceptors (Lipinski definition) is 4. The smallest absolute Gasteiger partial charge is 0.374 e. The van der Waals surface area contributed by atoms with Crippen LogP contribution in [0.25, 0.3) is 11.0 Å². The number of nitrogen functional groups attached to an aromatic ring is 1. The molecular formula is C16H13NO4. The summed E-state index contributed by atoms with van der Waals surface area (Å²) in [6, 6.07) is 14.8. The van der Waals surface area contributed by atoms with E-state index in [2.05, 4.69) is 0 Å². The van der Waals surface area contributed by atoms with Crippen LogP contribution in [0.4, 0.5) is 5.69 Å². The molecule has 0 atom stereocenters. The number of carboxylic acids is 1. The third-order valence-corrected chi connectivity index (χ3v) is 3.14. The first-order chi connectivity index (χ1) is 10.1. The molecular weight excluding hydrogens is 270 g/mol. The second-order valence-corrected chi connectivity index (χ2v) is 4.58. The average molecular weight is 283 g/mol. The van der Waals surface area contributed by atoms with Gasteiger partial charge in [0.25, 0.3) is 0 Å². The van der Waals surface area contributed by atoms with Crippen LogP contribution in [0.2, 0.25) is 0 Å². The number of anilines is 1. The predicted molar refractivity (Wildman–Crippen MR) is 78.4 cm³/mol. The highest BCUT2D eigenvalue weighted by Crippen LogP contribution is 2.31. The number of carboxylic acid groups (broad SMARTS) is 1. The van der Waals surface area contributed by atoms with Gasteiger partial charge < -0.3 is 20.0 Å². The Balaban J connectivity index is 1.86. The Morgan fingerprint density at radius 2 is 1.95 bits per heavy atom. The quantitative estimate of drug-likeness (QED) is 0.767. The number of rotatable bonds is 4. The Hall–Kier alpha value is -2.95. The molecule has 1 aromatic heterocycles. The Labute approximate surface area is 120 Å². The topological polar surface area (TPSA) is 85.7 Å². The third kappa shape index (κ3) is 2.53. The molecule has 3 N–H and O–H groups in total. The Kier molecular flexibility index (Phi) is 3.23. The molecule has 5 nitrogen and oxygen atoms in total. The Morgan fingerprint density at radius 3 is 2.67 bits per heavy atom. The maximum absolute atomic E-state index is 11.0. The Bertz CT molecular complexity index is 793. The molecule has 0 radical (unpaired) electrons. The number of nitrogens with two attached hydrogens (primary N) is 1. The summed E-state index contributed by atoms with van der Waals surface area (Å²) in [6.45, 7) is 0.425. The van der Waals surface area contributed by atoms with Crippen molar-refractivity contribution >= 4 is 22.6 Å². The van der Waals surface area contributed by atoms with Crippen molar-refractivity contribution in [3.05, 3.63) is 59.9 Å². The molecule has 0 fully saturated rings. The maximum atomic E-state index is 11.0. The minimum Gasteiger partial charge on any atom is -0.489 e. The molecule has 0 bridgehead atoms. The number of fused-ring (bicyclic) bond motifs is 1. The summed E-state index contributed by atoms with van der Waals surface area (Å²) in [4.78, 5) is 11.0. The lowest BCUT2D eigenvalue weighted by Crippen LogP contribution is -1.98. The second kappa shape index (κ2) is 5.20. The predicted octanol–water partition coefficient (Wildman–Crippen LogP) is 3.29. The van der Waals surface area contributed by atoms with E-state index in [1.54, 1.807) is 18.2 Å². The van der Waals surface area contributed by atoms with Gasteiger partial charge in [-0.3, -0.25) is 0 Å². The minimum absolute atomic E-state index is 0.132. The van der Waals surface area contributed by atoms with Gasteiger partial charge in [-0.2, -0.15) is 0 Å². The first-order valence-electron chi connectivity index (χ1n) is 6.37. The van der Waals surface area contributed by atoms with Gasteiger partial charge in [0.1, 0.15) is 17.9 Å². The zero-order chi connectivity index (χ0) is 14.8. The van der Waals surface area contributed by atoms with Gasteiger partial charge >= 0.3 is 5.97 Å². The number of furan rings is 1. The van der Waals surface area contributed by atoms with Crippen molar-refractivity contribution in [3.63, 3.8) is 0 Å². The Morgan fingerprint density at radius 1 is 1.19 bits per heavy atom. The SMILES string of the molecule is Nc1c(C(=O)O)oc2cc(OCc3ccccc3)ccc12. The van der Waals surface area contributed by atoms with Crippen molar-refractivity contribution in [2.24, 2.45) is 0 Å². The summed E-state index contributed by atoms with van der Waals surface area (Å²) in [5.74, 6) is -0.835. The first-order valence-corrected chi connectivity index (χ1v) is 6.37. The van der Waals surface area contributed by atoms with Crippen LogP contribution in [0.5, 0.6) is 5.75 Å². The van der Waals surface area contributed by atoms with E-state index in [1.807, 2.05) is 30.3 Å². The van der Waals surface area contributed by atoms with E-state index in [4.69, 9.17) is 20.0 Å². The fourth-order valence-electron chi connectivity index (χ4n) is 2.09. The average Bonchev–Trinajstić information content (AvgIpc) is 2.83. The van der Waals surface area contributed by atoms with E-state index in [-0.39, 0.29) is 11.4 Å². The van der Waals surface area contributed by atoms with Gasteiger partial charge in [-0.25, -0.2) is 4.79 Å². The van der Waals surface area contributed by atoms with Crippen LogP contribution < -0.4 is 10.5 Å². The highest BCUT2D eigenvalue weighted by atomic mass is 16.5. The molecule has 0 aliphatic carbocycles. The first kappa shape index (κ1) is 13.1. The lowest BCUT2D eigenvalue weighted by atomic mass is 10.2. The van der Waals surface area contributed by atoms with Crippen LogP contribution in [0.1, 0.15) is 16.1 Å². The zero-order valence-corrected chi connectivity index (χ0v) is 11.1. The van der Waals surface area contributed by atoms with Crippen molar-refractivity contribution in [3.8, 4) is 5.75 Å². The van der Waals surface area contributed by atoms with E-state index >= 15 is 0 Å². The summed E-state index contributed by atoms with van der Waals surface area (Å²) < 4.78 is 10.9. The van der Waals surface area contributed by atoms with E-state index in [0.717, 1.165) is 5.56 Å². The molecule has 0 spiro atoms. The largest absolute Gasteiger partial charge is 0.489 e. The molecule has 3 aromatic rings. The van der Waals surface area contributed by atoms with Gasteiger partial charge in [0.2, 0.25) is 5.76 Å². The van der Waals surface area contributed by atoms with Crippen LogP contribution >= 0.6 is 0 Å². The highest BCUT2D eigenvalue weighted by molar-refractivity contribution is 6.02. The highest BCUT2D eigenvalue weighted by Gasteiger charge is 2.17. The molecule has 3 rings (SSSR count). The zero-order valence-electron chi connectivity index (χ0n) is 11.1. The van der Waals surface area contributed by atoms with Crippen molar-refractivity contribution in [1.82, 2.24) is 0 Å². The maximum Gasteiger partial charge on any atom is 0.374 e. The van der Waals surface area contributed by atoms with Gasteiger partial charge in [-0.1, -0.05) is 30.3 Å². The van der Waals surface area contributed by atoms with Gasteiger partial charge in [0.05, 0.1) is 5.69 Å². The number of hydrogen-bond donors (Lipinski definition) is 2. The van der Waals surface area contributed by atoms with Crippen molar-refractivity contribution in [1.29, 1.82) is 0 Å². The molecule has 106 valence electrons. The minimum atomic E-state index is -1.18. The number of benzene rings is 2. The monoisotopic (exact) mass is 283 g/mol. The molecule has 0 saturated carbocycles. The van der Waals surface area contributed by atoms with E-state index < -0.39 is 5.97 Å². The summed E-state index contributed by atoms with van der Waals surface area (Å²) in [7, 11) is 0. The van der Waals surface area contributed by atoms with E-state index in [1.165, 1.54) is 0 Å². The van der Waals surface area contributed by atoms with E-state index in [9.17, 15) is 4.79 Å². The van der Waals surface area contributed by atoms with Crippen molar-refractivity contribution in [2.75, 3.05) is 5.73 Å². The molecule has 0 saturated heterocycles. The van der Waals surface area contributed by atoms with E-state index in [0.29, 0.717) is 23.3 Å². The van der Waals surface area contributed by atoms with Crippen LogP contribution in [0, 0.1) is 0 Å². The van der Waals surface area contributed by atoms with Gasteiger partial charge in [-0.05, 0) is 17.7 Å². The summed E-state index contributed by atoms with van der Waals surface area (Å²) >= 11 is 0. The fourth-order valence-corrected chi connectivity index (χ4v) is 2.09. The van der Waals surface area contributed by atoms with Gasteiger partial charge in [-0.15, -0.1) is 0 Å². The van der Waals surface area contributed by atoms with Crippen LogP contribution in [0.15, 0.2) is 52.9 Å². The summed E-state index contributed by atoms with van der Waals surface area (Å²) in [6.07, 6.45) is 0. The number of ether oxygens (including phenoxy) is 1. The van der Waals surface area contributed by atoms with Crippen LogP contribution in [-0.2, 0) is 6.61 Å². The molecule has 21 heavy (non-hydrogen) atoms. The fraction of sp³-hybridized carbons (Fsp3) is 0.0625. The van der Waals surface area contributed by atoms with Crippen molar-refractivity contribution in [2.45, 2.75) is 6.61 Å². The lowest BCUT2D eigenvalue weighted by Gasteiger charge is -2.05. The van der Waals surface area contributed by atoms with Gasteiger partial charge in [0, 0.05) is 11.5 Å².